The Morgan fingerprint density at radius 2 is 1.89 bits per heavy atom. The van der Waals surface area contributed by atoms with Crippen molar-refractivity contribution in [2.45, 2.75) is 16.3 Å². The summed E-state index contributed by atoms with van der Waals surface area (Å²) < 4.78 is 43.7. The number of alkyl halides is 3. The van der Waals surface area contributed by atoms with Crippen LogP contribution in [-0.4, -0.2) is 15.1 Å². The molecule has 1 heterocycles. The molecule has 0 radical (unpaired) electrons. The van der Waals surface area contributed by atoms with Gasteiger partial charge in [-0.3, -0.25) is 10.1 Å². The van der Waals surface area contributed by atoms with Crippen LogP contribution in [-0.2, 0) is 6.18 Å². The number of hydrogen-bond acceptors (Lipinski definition) is 6. The molecule has 0 saturated heterocycles. The fourth-order valence-corrected chi connectivity index (χ4v) is 3.19. The fraction of sp³-hybridized carbons (Fsp3) is 0.0667. The molecule has 1 aromatic heterocycles. The Bertz CT molecular complexity index is 1030. The van der Waals surface area contributed by atoms with Crippen LogP contribution in [0.3, 0.4) is 0 Å². The Morgan fingerprint density at radius 3 is 2.56 bits per heavy atom. The molecular formula is C15H6Cl2F3N3O3S. The van der Waals surface area contributed by atoms with Crippen molar-refractivity contribution in [1.29, 1.82) is 0 Å². The standard InChI is InChI=1S/C15H6Cl2F3N3O3S/c16-9-3-1-2-8(12(9)17)13-21-22-14(26-13)27-11-5-4-7(15(18,19)20)6-10(11)23(24)25/h1-6H. The van der Waals surface area contributed by atoms with Gasteiger partial charge in [0.25, 0.3) is 10.9 Å². The second kappa shape index (κ2) is 7.37. The lowest BCUT2D eigenvalue weighted by Crippen LogP contribution is -2.05. The van der Waals surface area contributed by atoms with Crippen LogP contribution in [0.1, 0.15) is 5.56 Å². The number of nitro benzene ring substituents is 1. The van der Waals surface area contributed by atoms with Crippen LogP contribution < -0.4 is 0 Å². The zero-order valence-corrected chi connectivity index (χ0v) is 15.2. The molecule has 140 valence electrons. The molecule has 0 aliphatic heterocycles. The monoisotopic (exact) mass is 435 g/mol. The number of nitro groups is 1. The highest BCUT2D eigenvalue weighted by molar-refractivity contribution is 7.99. The van der Waals surface area contributed by atoms with Crippen LogP contribution in [0.2, 0.25) is 10.0 Å². The maximum absolute atomic E-state index is 12.8. The first kappa shape index (κ1) is 19.5. The second-order valence-electron chi connectivity index (χ2n) is 5.01. The van der Waals surface area contributed by atoms with Crippen LogP contribution in [0.15, 0.2) is 50.9 Å². The van der Waals surface area contributed by atoms with E-state index in [-0.39, 0.29) is 26.1 Å². The van der Waals surface area contributed by atoms with Crippen molar-refractivity contribution >= 4 is 40.7 Å². The van der Waals surface area contributed by atoms with Gasteiger partial charge in [-0.05, 0) is 36.0 Å². The molecule has 0 N–H and O–H groups in total. The highest BCUT2D eigenvalue weighted by Crippen LogP contribution is 2.40. The third-order valence-corrected chi connectivity index (χ3v) is 4.99. The van der Waals surface area contributed by atoms with Gasteiger partial charge in [-0.25, -0.2) is 0 Å². The van der Waals surface area contributed by atoms with E-state index < -0.39 is 22.4 Å². The minimum absolute atomic E-state index is 0.0135. The molecule has 6 nitrogen and oxygen atoms in total. The number of halogens is 5. The van der Waals surface area contributed by atoms with Gasteiger partial charge in [0, 0.05) is 6.07 Å². The summed E-state index contributed by atoms with van der Waals surface area (Å²) >= 11 is 12.6. The number of hydrogen-bond donors (Lipinski definition) is 0. The molecule has 3 aromatic rings. The van der Waals surface area contributed by atoms with Gasteiger partial charge in [0.1, 0.15) is 0 Å². The zero-order valence-electron chi connectivity index (χ0n) is 12.8. The molecule has 0 aliphatic carbocycles. The summed E-state index contributed by atoms with van der Waals surface area (Å²) in [6.45, 7) is 0. The summed E-state index contributed by atoms with van der Waals surface area (Å²) in [6, 6.07) is 6.92. The molecule has 3 rings (SSSR count). The number of aromatic nitrogens is 2. The number of rotatable bonds is 4. The van der Waals surface area contributed by atoms with E-state index in [9.17, 15) is 23.3 Å². The first-order chi connectivity index (χ1) is 12.7. The molecule has 27 heavy (non-hydrogen) atoms. The van der Waals surface area contributed by atoms with Gasteiger partial charge in [-0.2, -0.15) is 13.2 Å². The Balaban J connectivity index is 1.94. The van der Waals surface area contributed by atoms with E-state index >= 15 is 0 Å². The first-order valence-electron chi connectivity index (χ1n) is 6.98. The van der Waals surface area contributed by atoms with E-state index in [1.54, 1.807) is 18.2 Å². The summed E-state index contributed by atoms with van der Waals surface area (Å²) in [5.74, 6) is 0.0135. The minimum Gasteiger partial charge on any atom is -0.411 e. The van der Waals surface area contributed by atoms with Crippen LogP contribution in [0.4, 0.5) is 18.9 Å². The summed E-state index contributed by atoms with van der Waals surface area (Å²) in [7, 11) is 0. The van der Waals surface area contributed by atoms with Gasteiger partial charge in [0.05, 0.1) is 31.0 Å². The van der Waals surface area contributed by atoms with Crippen LogP contribution in [0, 0.1) is 10.1 Å². The van der Waals surface area contributed by atoms with Gasteiger partial charge in [0.15, 0.2) is 0 Å². The van der Waals surface area contributed by atoms with Crippen molar-refractivity contribution in [2.75, 3.05) is 0 Å². The number of benzene rings is 2. The summed E-state index contributed by atoms with van der Waals surface area (Å²) in [4.78, 5) is 10.1. The van der Waals surface area contributed by atoms with Crippen molar-refractivity contribution < 1.29 is 22.5 Å². The maximum Gasteiger partial charge on any atom is 0.416 e. The van der Waals surface area contributed by atoms with Crippen LogP contribution in [0.25, 0.3) is 11.5 Å². The van der Waals surface area contributed by atoms with Crippen molar-refractivity contribution in [1.82, 2.24) is 10.2 Å². The normalized spacial score (nSPS) is 11.6. The average Bonchev–Trinajstić information content (AvgIpc) is 3.04. The maximum atomic E-state index is 12.8. The topological polar surface area (TPSA) is 82.1 Å². The third-order valence-electron chi connectivity index (χ3n) is 3.27. The average molecular weight is 436 g/mol. The predicted molar refractivity (Wildman–Crippen MR) is 92.0 cm³/mol. The lowest BCUT2D eigenvalue weighted by Gasteiger charge is -2.07. The lowest BCUT2D eigenvalue weighted by atomic mass is 10.2. The van der Waals surface area contributed by atoms with Crippen molar-refractivity contribution in [3.05, 3.63) is 62.1 Å². The van der Waals surface area contributed by atoms with Gasteiger partial charge >= 0.3 is 6.18 Å². The Morgan fingerprint density at radius 1 is 1.15 bits per heavy atom. The van der Waals surface area contributed by atoms with Crippen LogP contribution in [0.5, 0.6) is 0 Å². The van der Waals surface area contributed by atoms with E-state index in [0.717, 1.165) is 12.1 Å². The van der Waals surface area contributed by atoms with Crippen LogP contribution >= 0.6 is 35.0 Å². The minimum atomic E-state index is -4.70. The lowest BCUT2D eigenvalue weighted by molar-refractivity contribution is -0.388. The van der Waals surface area contributed by atoms with Gasteiger partial charge in [0.2, 0.25) is 5.89 Å². The second-order valence-corrected chi connectivity index (χ2v) is 6.79. The molecule has 0 spiro atoms. The first-order valence-corrected chi connectivity index (χ1v) is 8.55. The van der Waals surface area contributed by atoms with E-state index in [1.807, 2.05) is 0 Å². The molecule has 12 heteroatoms. The molecule has 2 aromatic carbocycles. The van der Waals surface area contributed by atoms with Gasteiger partial charge in [-0.1, -0.05) is 29.3 Å². The van der Waals surface area contributed by atoms with E-state index in [4.69, 9.17) is 27.6 Å². The Hall–Kier alpha value is -2.30. The Labute approximate surface area is 163 Å². The summed E-state index contributed by atoms with van der Waals surface area (Å²) in [6.07, 6.45) is -4.70. The van der Waals surface area contributed by atoms with Crippen molar-refractivity contribution in [3.63, 3.8) is 0 Å². The Kier molecular flexibility index (Phi) is 5.31. The zero-order chi connectivity index (χ0) is 19.8. The highest BCUT2D eigenvalue weighted by Gasteiger charge is 2.33. The van der Waals surface area contributed by atoms with Gasteiger partial charge < -0.3 is 4.42 Å². The molecule has 0 amide bonds. The predicted octanol–water partition coefficient (Wildman–Crippen LogP) is 6.12. The fourth-order valence-electron chi connectivity index (χ4n) is 2.05. The molecule has 0 bridgehead atoms. The molecule has 0 unspecified atom stereocenters. The summed E-state index contributed by atoms with van der Waals surface area (Å²) in [5, 5.41) is 19.0. The molecular weight excluding hydrogens is 430 g/mol. The molecule has 0 aliphatic rings. The van der Waals surface area contributed by atoms with Crippen molar-refractivity contribution in [2.24, 2.45) is 0 Å². The van der Waals surface area contributed by atoms with Gasteiger partial charge in [-0.15, -0.1) is 10.2 Å². The smallest absolute Gasteiger partial charge is 0.411 e. The third kappa shape index (κ3) is 4.18. The van der Waals surface area contributed by atoms with E-state index in [0.29, 0.717) is 23.4 Å². The largest absolute Gasteiger partial charge is 0.416 e. The SMILES string of the molecule is O=[N+]([O-])c1cc(C(F)(F)F)ccc1Sc1nnc(-c2cccc(Cl)c2Cl)o1. The number of nitrogens with zero attached hydrogens (tertiary/aromatic N) is 3. The van der Waals surface area contributed by atoms with E-state index in [2.05, 4.69) is 10.2 Å². The van der Waals surface area contributed by atoms with Crippen molar-refractivity contribution in [3.8, 4) is 11.5 Å². The quantitative estimate of drug-likeness (QED) is 0.362. The molecule has 0 saturated carbocycles. The molecule has 0 atom stereocenters. The van der Waals surface area contributed by atoms with E-state index in [1.165, 1.54) is 0 Å². The highest BCUT2D eigenvalue weighted by atomic mass is 35.5. The summed E-state index contributed by atoms with van der Waals surface area (Å²) in [5.41, 5.74) is -1.50. The molecule has 0 fully saturated rings.